The zero-order chi connectivity index (χ0) is 24.2. The molecular weight excluding hydrogens is 445 g/mol. The molecule has 0 radical (unpaired) electrons. The van der Waals surface area contributed by atoms with Crippen molar-refractivity contribution in [1.29, 1.82) is 0 Å². The van der Waals surface area contributed by atoms with Crippen molar-refractivity contribution in [3.63, 3.8) is 0 Å². The third-order valence-corrected chi connectivity index (χ3v) is 7.01. The molecule has 2 aromatic carbocycles. The van der Waals surface area contributed by atoms with Crippen LogP contribution in [0.25, 0.3) is 5.65 Å². The molecule has 1 amide bonds. The first kappa shape index (κ1) is 21.5. The van der Waals surface area contributed by atoms with E-state index in [2.05, 4.69) is 25.6 Å². The number of aromatic nitrogens is 4. The normalized spacial score (nSPS) is 19.0. The molecule has 2 aliphatic rings. The van der Waals surface area contributed by atoms with Gasteiger partial charge in [-0.25, -0.2) is 13.9 Å². The minimum atomic E-state index is -0.553. The number of carbonyl (C=O) groups excluding carboxylic acids is 1. The van der Waals surface area contributed by atoms with E-state index in [0.717, 1.165) is 54.1 Å². The molecule has 0 aliphatic carbocycles. The summed E-state index contributed by atoms with van der Waals surface area (Å²) in [5.74, 6) is 0.912. The Kier molecular flexibility index (Phi) is 4.94. The number of nitrogens with one attached hydrogen (secondary N) is 2. The van der Waals surface area contributed by atoms with Crippen LogP contribution in [-0.2, 0) is 10.2 Å². The van der Waals surface area contributed by atoms with Gasteiger partial charge < -0.3 is 15.5 Å². The number of halogens is 1. The molecule has 4 heterocycles. The Labute approximate surface area is 202 Å². The third-order valence-electron chi connectivity index (χ3n) is 7.01. The highest BCUT2D eigenvalue weighted by molar-refractivity contribution is 6.06. The molecule has 1 unspecified atom stereocenters. The van der Waals surface area contributed by atoms with Crippen LogP contribution >= 0.6 is 0 Å². The van der Waals surface area contributed by atoms with E-state index in [1.54, 1.807) is 29.0 Å². The van der Waals surface area contributed by atoms with Gasteiger partial charge in [-0.15, -0.1) is 5.10 Å². The topological polar surface area (TPSA) is 87.5 Å². The van der Waals surface area contributed by atoms with Crippen molar-refractivity contribution in [2.45, 2.75) is 44.6 Å². The van der Waals surface area contributed by atoms with Crippen LogP contribution in [0.15, 0.2) is 54.9 Å². The first-order valence-corrected chi connectivity index (χ1v) is 11.9. The minimum Gasteiger partial charge on any atom is -0.346 e. The maximum Gasteiger partial charge on any atom is 0.247 e. The van der Waals surface area contributed by atoms with Gasteiger partial charge in [-0.2, -0.15) is 4.98 Å². The lowest BCUT2D eigenvalue weighted by Crippen LogP contribution is -2.34. The Balaban J connectivity index is 1.33. The van der Waals surface area contributed by atoms with Crippen molar-refractivity contribution >= 4 is 34.7 Å². The molecular formula is C26H26FN7O. The molecule has 9 heteroatoms. The molecule has 1 fully saturated rings. The standard InChI is InChI=1S/C26H26FN7O/c1-26(2)19-10-9-18(15-20(19)30-24(26)35)29-25-31-23-22(28-11-13-34(23)32-25)33-12-4-3-8-21(33)16-6-5-7-17(27)14-16/h5-7,9-11,13-15,21H,3-4,8,12H2,1-2H3,(H,29,32)(H,30,35). The van der Waals surface area contributed by atoms with Gasteiger partial charge in [0.2, 0.25) is 11.9 Å². The zero-order valence-electron chi connectivity index (χ0n) is 19.6. The SMILES string of the molecule is CC1(C)C(=O)Nc2cc(Nc3nc4c(N5CCCCC5c5cccc(F)c5)nccn4n3)ccc21. The van der Waals surface area contributed by atoms with Crippen LogP contribution in [0, 0.1) is 5.82 Å². The molecule has 178 valence electrons. The summed E-state index contributed by atoms with van der Waals surface area (Å²) < 4.78 is 15.7. The van der Waals surface area contributed by atoms with Crippen LogP contribution in [0.1, 0.15) is 50.3 Å². The fourth-order valence-corrected chi connectivity index (χ4v) is 5.11. The van der Waals surface area contributed by atoms with Crippen molar-refractivity contribution in [2.24, 2.45) is 0 Å². The molecule has 35 heavy (non-hydrogen) atoms. The summed E-state index contributed by atoms with van der Waals surface area (Å²) in [7, 11) is 0. The summed E-state index contributed by atoms with van der Waals surface area (Å²) in [6, 6.07) is 12.6. The molecule has 1 atom stereocenters. The molecule has 0 saturated carbocycles. The van der Waals surface area contributed by atoms with Gasteiger partial charge >= 0.3 is 0 Å². The van der Waals surface area contributed by atoms with E-state index in [1.807, 2.05) is 38.1 Å². The van der Waals surface area contributed by atoms with Crippen LogP contribution in [-0.4, -0.2) is 32.0 Å². The molecule has 2 aromatic heterocycles. The second-order valence-corrected chi connectivity index (χ2v) is 9.68. The fourth-order valence-electron chi connectivity index (χ4n) is 5.11. The van der Waals surface area contributed by atoms with Crippen LogP contribution < -0.4 is 15.5 Å². The molecule has 4 aromatic rings. The summed E-state index contributed by atoms with van der Waals surface area (Å²) in [5.41, 5.74) is 3.56. The van der Waals surface area contributed by atoms with E-state index < -0.39 is 5.41 Å². The quantitative estimate of drug-likeness (QED) is 0.437. The number of piperidine rings is 1. The number of benzene rings is 2. The highest BCUT2D eigenvalue weighted by Gasteiger charge is 2.38. The lowest BCUT2D eigenvalue weighted by Gasteiger charge is -2.36. The predicted molar refractivity (Wildman–Crippen MR) is 133 cm³/mol. The first-order valence-electron chi connectivity index (χ1n) is 11.9. The number of carbonyl (C=O) groups is 1. The van der Waals surface area contributed by atoms with Crippen LogP contribution in [0.3, 0.4) is 0 Å². The van der Waals surface area contributed by atoms with Gasteiger partial charge in [-0.1, -0.05) is 18.2 Å². The van der Waals surface area contributed by atoms with Crippen molar-refractivity contribution < 1.29 is 9.18 Å². The Bertz CT molecular complexity index is 1450. The molecule has 1 saturated heterocycles. The number of fused-ring (bicyclic) bond motifs is 2. The van der Waals surface area contributed by atoms with E-state index >= 15 is 0 Å². The van der Waals surface area contributed by atoms with E-state index in [0.29, 0.717) is 11.6 Å². The summed E-state index contributed by atoms with van der Waals surface area (Å²) in [6.45, 7) is 4.64. The number of nitrogens with zero attached hydrogens (tertiary/aromatic N) is 5. The smallest absolute Gasteiger partial charge is 0.247 e. The van der Waals surface area contributed by atoms with E-state index in [4.69, 9.17) is 4.98 Å². The third kappa shape index (κ3) is 3.67. The van der Waals surface area contributed by atoms with E-state index in [1.165, 1.54) is 6.07 Å². The van der Waals surface area contributed by atoms with Gasteiger partial charge in [0.15, 0.2) is 11.5 Å². The number of hydrogen-bond donors (Lipinski definition) is 2. The Morgan fingerprint density at radius 1 is 1.17 bits per heavy atom. The summed E-state index contributed by atoms with van der Waals surface area (Å²) >= 11 is 0. The number of hydrogen-bond acceptors (Lipinski definition) is 6. The average molecular weight is 472 g/mol. The molecule has 6 rings (SSSR count). The summed E-state index contributed by atoms with van der Waals surface area (Å²) in [5, 5.41) is 10.8. The van der Waals surface area contributed by atoms with Gasteiger partial charge in [0.25, 0.3) is 0 Å². The highest BCUT2D eigenvalue weighted by Crippen LogP contribution is 2.39. The predicted octanol–water partition coefficient (Wildman–Crippen LogP) is 4.97. The Morgan fingerprint density at radius 3 is 2.91 bits per heavy atom. The van der Waals surface area contributed by atoms with Gasteiger partial charge in [0.1, 0.15) is 5.82 Å². The van der Waals surface area contributed by atoms with Crippen molar-refractivity contribution in [2.75, 3.05) is 22.1 Å². The van der Waals surface area contributed by atoms with Crippen molar-refractivity contribution in [3.8, 4) is 0 Å². The van der Waals surface area contributed by atoms with Gasteiger partial charge in [0, 0.05) is 30.3 Å². The van der Waals surface area contributed by atoms with Crippen molar-refractivity contribution in [3.05, 3.63) is 71.8 Å². The van der Waals surface area contributed by atoms with Crippen molar-refractivity contribution in [1.82, 2.24) is 19.6 Å². The number of anilines is 4. The van der Waals surface area contributed by atoms with E-state index in [-0.39, 0.29) is 17.8 Å². The van der Waals surface area contributed by atoms with Crippen LogP contribution in [0.2, 0.25) is 0 Å². The highest BCUT2D eigenvalue weighted by atomic mass is 19.1. The van der Waals surface area contributed by atoms with E-state index in [9.17, 15) is 9.18 Å². The average Bonchev–Trinajstić information content (AvgIpc) is 3.35. The lowest BCUT2D eigenvalue weighted by atomic mass is 9.86. The van der Waals surface area contributed by atoms with Crippen LogP contribution in [0.4, 0.5) is 27.5 Å². The zero-order valence-corrected chi connectivity index (χ0v) is 19.6. The number of amides is 1. The minimum absolute atomic E-state index is 0.0133. The Morgan fingerprint density at radius 2 is 2.06 bits per heavy atom. The first-order chi connectivity index (χ1) is 16.9. The van der Waals surface area contributed by atoms with Gasteiger partial charge in [-0.05, 0) is 68.5 Å². The summed E-state index contributed by atoms with van der Waals surface area (Å²) in [6.07, 6.45) is 6.51. The molecule has 2 N–H and O–H groups in total. The van der Waals surface area contributed by atoms with Gasteiger partial charge in [-0.3, -0.25) is 4.79 Å². The van der Waals surface area contributed by atoms with Gasteiger partial charge in [0.05, 0.1) is 11.5 Å². The lowest BCUT2D eigenvalue weighted by molar-refractivity contribution is -0.119. The molecule has 8 nitrogen and oxygen atoms in total. The maximum atomic E-state index is 14.0. The second kappa shape index (κ2) is 8.04. The van der Waals surface area contributed by atoms with Crippen LogP contribution in [0.5, 0.6) is 0 Å². The summed E-state index contributed by atoms with van der Waals surface area (Å²) in [4.78, 5) is 23.9. The number of rotatable bonds is 4. The second-order valence-electron chi connectivity index (χ2n) is 9.68. The fraction of sp³-hybridized carbons (Fsp3) is 0.308. The largest absolute Gasteiger partial charge is 0.346 e. The molecule has 0 bridgehead atoms. The molecule has 2 aliphatic heterocycles. The molecule has 0 spiro atoms. The maximum absolute atomic E-state index is 14.0. The Hall–Kier alpha value is -4.01. The monoisotopic (exact) mass is 471 g/mol.